The fourth-order valence-corrected chi connectivity index (χ4v) is 2.80. The smallest absolute Gasteiger partial charge is 0.141 e. The van der Waals surface area contributed by atoms with Crippen LogP contribution in [-0.4, -0.2) is 16.0 Å². The van der Waals surface area contributed by atoms with E-state index >= 15 is 0 Å². The molecule has 19 heavy (non-hydrogen) atoms. The van der Waals surface area contributed by atoms with E-state index in [9.17, 15) is 0 Å². The van der Waals surface area contributed by atoms with Crippen molar-refractivity contribution in [2.45, 2.75) is 32.7 Å². The van der Waals surface area contributed by atoms with E-state index in [0.29, 0.717) is 11.2 Å². The van der Waals surface area contributed by atoms with E-state index in [1.54, 1.807) is 0 Å². The van der Waals surface area contributed by atoms with Gasteiger partial charge in [-0.15, -0.1) is 0 Å². The Balaban J connectivity index is 2.16. The average molecular weight is 274 g/mol. The Morgan fingerprint density at radius 2 is 2.05 bits per heavy atom. The first-order chi connectivity index (χ1) is 9.18. The van der Waals surface area contributed by atoms with Gasteiger partial charge in [-0.2, -0.15) is 0 Å². The van der Waals surface area contributed by atoms with E-state index in [1.165, 1.54) is 17.6 Å². The summed E-state index contributed by atoms with van der Waals surface area (Å²) < 4.78 is 0. The Labute approximate surface area is 118 Å². The van der Waals surface area contributed by atoms with E-state index in [0.717, 1.165) is 24.2 Å². The number of nitrogens with zero attached hydrogens (tertiary/aromatic N) is 3. The lowest BCUT2D eigenvalue weighted by Gasteiger charge is -2.36. The predicted octanol–water partition coefficient (Wildman–Crippen LogP) is 3.91. The first kappa shape index (κ1) is 12.4. The van der Waals surface area contributed by atoms with Crippen LogP contribution in [0.1, 0.15) is 24.5 Å². The number of hydrogen-bond donors (Lipinski definition) is 0. The number of halogens is 1. The molecular weight excluding hydrogens is 258 g/mol. The molecule has 0 saturated heterocycles. The van der Waals surface area contributed by atoms with Crippen LogP contribution >= 0.6 is 11.6 Å². The summed E-state index contributed by atoms with van der Waals surface area (Å²) in [6.45, 7) is 4.20. The average Bonchev–Trinajstić information content (AvgIpc) is 2.43. The van der Waals surface area contributed by atoms with Crippen molar-refractivity contribution < 1.29 is 0 Å². The van der Waals surface area contributed by atoms with Crippen molar-refractivity contribution in [2.75, 3.05) is 4.90 Å². The van der Waals surface area contributed by atoms with Gasteiger partial charge in [-0.3, -0.25) is 0 Å². The van der Waals surface area contributed by atoms with Gasteiger partial charge in [0.15, 0.2) is 0 Å². The van der Waals surface area contributed by atoms with Gasteiger partial charge in [0.05, 0.1) is 0 Å². The minimum atomic E-state index is 0.416. The van der Waals surface area contributed by atoms with Crippen LogP contribution in [0.2, 0.25) is 5.15 Å². The maximum atomic E-state index is 6.13. The van der Waals surface area contributed by atoms with Gasteiger partial charge in [0.1, 0.15) is 17.3 Å². The van der Waals surface area contributed by atoms with E-state index in [-0.39, 0.29) is 0 Å². The lowest BCUT2D eigenvalue weighted by molar-refractivity contribution is 0.611. The summed E-state index contributed by atoms with van der Waals surface area (Å²) in [6.07, 6.45) is 3.78. The molecule has 2 aromatic rings. The molecule has 1 aromatic carbocycles. The molecule has 0 bridgehead atoms. The standard InChI is InChI=1S/C15H16ClN3/c1-10-7-8-12-5-3-4-6-13(12)19(10)15-11(2)14(16)17-9-18-15/h3-6,9-10H,7-8H2,1-2H3. The summed E-state index contributed by atoms with van der Waals surface area (Å²) in [5.41, 5.74) is 3.54. The zero-order valence-corrected chi connectivity index (χ0v) is 11.9. The molecule has 4 heteroatoms. The molecule has 1 aliphatic heterocycles. The minimum Gasteiger partial charge on any atom is -0.323 e. The minimum absolute atomic E-state index is 0.416. The van der Waals surface area contributed by atoms with Crippen LogP contribution in [0.4, 0.5) is 11.5 Å². The molecule has 3 nitrogen and oxygen atoms in total. The van der Waals surface area contributed by atoms with Gasteiger partial charge >= 0.3 is 0 Å². The first-order valence-electron chi connectivity index (χ1n) is 6.52. The quantitative estimate of drug-likeness (QED) is 0.738. The van der Waals surface area contributed by atoms with Crippen molar-refractivity contribution in [1.82, 2.24) is 9.97 Å². The molecule has 0 aliphatic carbocycles. The number of aromatic nitrogens is 2. The van der Waals surface area contributed by atoms with Crippen molar-refractivity contribution in [2.24, 2.45) is 0 Å². The Hall–Kier alpha value is -1.61. The summed E-state index contributed by atoms with van der Waals surface area (Å²) in [5, 5.41) is 0.528. The van der Waals surface area contributed by atoms with Gasteiger partial charge in [0, 0.05) is 17.3 Å². The van der Waals surface area contributed by atoms with Gasteiger partial charge in [0.2, 0.25) is 0 Å². The van der Waals surface area contributed by atoms with Crippen LogP contribution in [0, 0.1) is 6.92 Å². The molecule has 0 fully saturated rings. The van der Waals surface area contributed by atoms with E-state index in [4.69, 9.17) is 11.6 Å². The van der Waals surface area contributed by atoms with Crippen molar-refractivity contribution in [3.8, 4) is 0 Å². The highest BCUT2D eigenvalue weighted by Crippen LogP contribution is 2.37. The Morgan fingerprint density at radius 1 is 1.26 bits per heavy atom. The predicted molar refractivity (Wildman–Crippen MR) is 78.1 cm³/mol. The second-order valence-electron chi connectivity index (χ2n) is 5.00. The number of hydrogen-bond acceptors (Lipinski definition) is 3. The molecule has 0 N–H and O–H groups in total. The molecule has 0 amide bonds. The number of anilines is 2. The molecule has 1 aromatic heterocycles. The van der Waals surface area contributed by atoms with Crippen LogP contribution in [0.15, 0.2) is 30.6 Å². The highest BCUT2D eigenvalue weighted by molar-refractivity contribution is 6.30. The maximum absolute atomic E-state index is 6.13. The van der Waals surface area contributed by atoms with Crippen molar-refractivity contribution in [3.63, 3.8) is 0 Å². The molecule has 3 rings (SSSR count). The maximum Gasteiger partial charge on any atom is 0.141 e. The highest BCUT2D eigenvalue weighted by atomic mass is 35.5. The summed E-state index contributed by atoms with van der Waals surface area (Å²) in [6, 6.07) is 8.92. The highest BCUT2D eigenvalue weighted by Gasteiger charge is 2.26. The zero-order chi connectivity index (χ0) is 13.4. The Bertz CT molecular complexity index is 612. The second-order valence-corrected chi connectivity index (χ2v) is 5.36. The number of rotatable bonds is 1. The third kappa shape index (κ3) is 2.08. The Kier molecular flexibility index (Phi) is 3.15. The lowest BCUT2D eigenvalue weighted by Crippen LogP contribution is -2.34. The third-order valence-electron chi connectivity index (χ3n) is 3.75. The third-order valence-corrected chi connectivity index (χ3v) is 4.13. The van der Waals surface area contributed by atoms with Crippen LogP contribution in [0.5, 0.6) is 0 Å². The molecule has 98 valence electrons. The first-order valence-corrected chi connectivity index (χ1v) is 6.90. The molecule has 1 aliphatic rings. The summed E-state index contributed by atoms with van der Waals surface area (Å²) >= 11 is 6.13. The number of para-hydroxylation sites is 1. The second kappa shape index (κ2) is 4.82. The molecule has 1 unspecified atom stereocenters. The summed E-state index contributed by atoms with van der Waals surface area (Å²) in [5.74, 6) is 0.916. The molecule has 0 radical (unpaired) electrons. The van der Waals surface area contributed by atoms with Gasteiger partial charge in [-0.25, -0.2) is 9.97 Å². The monoisotopic (exact) mass is 273 g/mol. The van der Waals surface area contributed by atoms with E-state index in [1.807, 2.05) is 6.92 Å². The van der Waals surface area contributed by atoms with Crippen molar-refractivity contribution in [1.29, 1.82) is 0 Å². The van der Waals surface area contributed by atoms with Crippen LogP contribution in [0.3, 0.4) is 0 Å². The Morgan fingerprint density at radius 3 is 2.89 bits per heavy atom. The van der Waals surface area contributed by atoms with Crippen LogP contribution in [0.25, 0.3) is 0 Å². The summed E-state index contributed by atoms with van der Waals surface area (Å²) in [7, 11) is 0. The number of aryl methyl sites for hydroxylation is 1. The van der Waals surface area contributed by atoms with Crippen LogP contribution in [-0.2, 0) is 6.42 Å². The summed E-state index contributed by atoms with van der Waals surface area (Å²) in [4.78, 5) is 10.8. The van der Waals surface area contributed by atoms with E-state index in [2.05, 4.69) is 46.1 Å². The van der Waals surface area contributed by atoms with Gasteiger partial charge in [-0.05, 0) is 38.3 Å². The molecule has 2 heterocycles. The normalized spacial score (nSPS) is 18.3. The molecule has 0 saturated carbocycles. The topological polar surface area (TPSA) is 29.0 Å². The lowest BCUT2D eigenvalue weighted by atomic mass is 9.96. The van der Waals surface area contributed by atoms with Gasteiger partial charge in [-0.1, -0.05) is 29.8 Å². The van der Waals surface area contributed by atoms with Crippen LogP contribution < -0.4 is 4.90 Å². The zero-order valence-electron chi connectivity index (χ0n) is 11.1. The SMILES string of the molecule is Cc1c(Cl)ncnc1N1c2ccccc2CCC1C. The number of fused-ring (bicyclic) bond motifs is 1. The fraction of sp³-hybridized carbons (Fsp3) is 0.333. The van der Waals surface area contributed by atoms with Crippen molar-refractivity contribution >= 4 is 23.1 Å². The van der Waals surface area contributed by atoms with Crippen molar-refractivity contribution in [3.05, 3.63) is 46.9 Å². The molecule has 0 spiro atoms. The molecular formula is C15H16ClN3. The number of benzene rings is 1. The van der Waals surface area contributed by atoms with Gasteiger partial charge in [0.25, 0.3) is 0 Å². The largest absolute Gasteiger partial charge is 0.323 e. The fourth-order valence-electron chi connectivity index (χ4n) is 2.67. The van der Waals surface area contributed by atoms with Gasteiger partial charge < -0.3 is 4.90 Å². The van der Waals surface area contributed by atoms with E-state index < -0.39 is 0 Å². The molecule has 1 atom stereocenters.